The van der Waals surface area contributed by atoms with E-state index in [2.05, 4.69) is 4.98 Å². The standard InChI is InChI=1S/C7H9Cl2NS/c8-2-6(3-9)1-7-4-10-5-11-7/h4-6H,1-3H2. The van der Waals surface area contributed by atoms with E-state index in [1.54, 1.807) is 11.3 Å². The minimum atomic E-state index is 0.388. The number of aromatic nitrogens is 1. The molecule has 0 radical (unpaired) electrons. The first-order chi connectivity index (χ1) is 5.36. The van der Waals surface area contributed by atoms with Gasteiger partial charge in [0.1, 0.15) is 0 Å². The van der Waals surface area contributed by atoms with Crippen molar-refractivity contribution >= 4 is 34.5 Å². The molecule has 0 aliphatic carbocycles. The number of alkyl halides is 2. The van der Waals surface area contributed by atoms with Crippen molar-refractivity contribution in [3.63, 3.8) is 0 Å². The molecule has 1 rings (SSSR count). The SMILES string of the molecule is ClCC(CCl)Cc1cncs1. The highest BCUT2D eigenvalue weighted by molar-refractivity contribution is 7.09. The zero-order chi connectivity index (χ0) is 8.10. The minimum Gasteiger partial charge on any atom is -0.253 e. The molecule has 62 valence electrons. The van der Waals surface area contributed by atoms with Crippen LogP contribution in [0, 0.1) is 5.92 Å². The smallest absolute Gasteiger partial charge is 0.0794 e. The minimum absolute atomic E-state index is 0.388. The Kier molecular flexibility index (Phi) is 4.20. The van der Waals surface area contributed by atoms with Crippen molar-refractivity contribution in [2.45, 2.75) is 6.42 Å². The third-order valence-corrected chi connectivity index (χ3v) is 3.08. The topological polar surface area (TPSA) is 12.9 Å². The summed E-state index contributed by atoms with van der Waals surface area (Å²) in [6.07, 6.45) is 2.83. The van der Waals surface area contributed by atoms with Crippen LogP contribution >= 0.6 is 34.5 Å². The van der Waals surface area contributed by atoms with Crippen molar-refractivity contribution in [2.24, 2.45) is 5.92 Å². The second-order valence-corrected chi connectivity index (χ2v) is 3.93. The first-order valence-corrected chi connectivity index (χ1v) is 5.31. The Morgan fingerprint density at radius 3 is 2.64 bits per heavy atom. The van der Waals surface area contributed by atoms with Gasteiger partial charge in [0.05, 0.1) is 5.51 Å². The lowest BCUT2D eigenvalue weighted by Crippen LogP contribution is -2.06. The molecule has 0 fully saturated rings. The second kappa shape index (κ2) is 4.96. The van der Waals surface area contributed by atoms with Crippen LogP contribution < -0.4 is 0 Å². The molecule has 0 atom stereocenters. The average Bonchev–Trinajstić information content (AvgIpc) is 2.52. The summed E-state index contributed by atoms with van der Waals surface area (Å²) in [5.41, 5.74) is 1.83. The molecule has 0 N–H and O–H groups in total. The molecule has 1 aromatic heterocycles. The van der Waals surface area contributed by atoms with Crippen LogP contribution in [0.25, 0.3) is 0 Å². The Labute approximate surface area is 80.4 Å². The zero-order valence-corrected chi connectivity index (χ0v) is 8.29. The van der Waals surface area contributed by atoms with Gasteiger partial charge in [0, 0.05) is 22.8 Å². The highest BCUT2D eigenvalue weighted by Crippen LogP contribution is 2.14. The molecular formula is C7H9Cl2NS. The van der Waals surface area contributed by atoms with E-state index in [1.165, 1.54) is 4.88 Å². The van der Waals surface area contributed by atoms with Gasteiger partial charge in [-0.05, 0) is 12.3 Å². The third-order valence-electron chi connectivity index (χ3n) is 1.41. The molecule has 11 heavy (non-hydrogen) atoms. The molecule has 0 saturated heterocycles. The molecule has 0 aromatic carbocycles. The van der Waals surface area contributed by atoms with Gasteiger partial charge in [-0.15, -0.1) is 34.5 Å². The normalized spacial score (nSPS) is 10.8. The van der Waals surface area contributed by atoms with Crippen LogP contribution in [0.3, 0.4) is 0 Å². The molecule has 1 aromatic rings. The maximum absolute atomic E-state index is 5.68. The molecule has 0 aliphatic heterocycles. The molecule has 1 heterocycles. The summed E-state index contributed by atoms with van der Waals surface area (Å²) < 4.78 is 0. The van der Waals surface area contributed by atoms with E-state index in [0.29, 0.717) is 17.7 Å². The van der Waals surface area contributed by atoms with E-state index < -0.39 is 0 Å². The third kappa shape index (κ3) is 2.97. The summed E-state index contributed by atoms with van der Waals surface area (Å²) in [7, 11) is 0. The molecule has 1 nitrogen and oxygen atoms in total. The Hall–Kier alpha value is 0.210. The predicted molar refractivity (Wildman–Crippen MR) is 50.7 cm³/mol. The summed E-state index contributed by atoms with van der Waals surface area (Å²) in [6, 6.07) is 0. The highest BCUT2D eigenvalue weighted by Gasteiger charge is 2.07. The van der Waals surface area contributed by atoms with Crippen LogP contribution in [0.15, 0.2) is 11.7 Å². The molecular weight excluding hydrogens is 201 g/mol. The van der Waals surface area contributed by atoms with Gasteiger partial charge in [-0.25, -0.2) is 0 Å². The van der Waals surface area contributed by atoms with Crippen LogP contribution in [0.2, 0.25) is 0 Å². The predicted octanol–water partition coefficient (Wildman–Crippen LogP) is 2.78. The fourth-order valence-corrected chi connectivity index (χ4v) is 2.04. The molecule has 0 spiro atoms. The van der Waals surface area contributed by atoms with Gasteiger partial charge in [-0.3, -0.25) is 4.98 Å². The lowest BCUT2D eigenvalue weighted by atomic mass is 10.1. The fourth-order valence-electron chi connectivity index (χ4n) is 0.778. The van der Waals surface area contributed by atoms with Crippen molar-refractivity contribution in [3.8, 4) is 0 Å². The largest absolute Gasteiger partial charge is 0.253 e. The Balaban J connectivity index is 2.41. The van der Waals surface area contributed by atoms with Crippen LogP contribution in [-0.4, -0.2) is 16.7 Å². The number of rotatable bonds is 4. The summed E-state index contributed by atoms with van der Waals surface area (Å²) in [4.78, 5) is 5.24. The number of nitrogens with zero attached hydrogens (tertiary/aromatic N) is 1. The number of hydrogen-bond donors (Lipinski definition) is 0. The molecule has 0 aliphatic rings. The lowest BCUT2D eigenvalue weighted by Gasteiger charge is -2.06. The summed E-state index contributed by atoms with van der Waals surface area (Å²) in [5, 5.41) is 0. The Morgan fingerprint density at radius 1 is 1.45 bits per heavy atom. The van der Waals surface area contributed by atoms with E-state index >= 15 is 0 Å². The van der Waals surface area contributed by atoms with E-state index in [0.717, 1.165) is 6.42 Å². The maximum Gasteiger partial charge on any atom is 0.0794 e. The van der Waals surface area contributed by atoms with Crippen LogP contribution in [0.1, 0.15) is 4.88 Å². The first-order valence-electron chi connectivity index (χ1n) is 3.36. The van der Waals surface area contributed by atoms with Gasteiger partial charge in [0.2, 0.25) is 0 Å². The van der Waals surface area contributed by atoms with Gasteiger partial charge in [-0.2, -0.15) is 0 Å². The molecule has 0 amide bonds. The number of halogens is 2. The van der Waals surface area contributed by atoms with Crippen molar-refractivity contribution in [3.05, 3.63) is 16.6 Å². The molecule has 0 unspecified atom stereocenters. The monoisotopic (exact) mass is 209 g/mol. The summed E-state index contributed by atoms with van der Waals surface area (Å²) in [5.74, 6) is 1.64. The highest BCUT2D eigenvalue weighted by atomic mass is 35.5. The fraction of sp³-hybridized carbons (Fsp3) is 0.571. The Bertz CT molecular complexity index is 184. The van der Waals surface area contributed by atoms with Crippen molar-refractivity contribution in [1.29, 1.82) is 0 Å². The van der Waals surface area contributed by atoms with E-state index in [-0.39, 0.29) is 0 Å². The summed E-state index contributed by atoms with van der Waals surface area (Å²) >= 11 is 13.0. The van der Waals surface area contributed by atoms with Crippen LogP contribution in [0.4, 0.5) is 0 Å². The quantitative estimate of drug-likeness (QED) is 0.696. The van der Waals surface area contributed by atoms with Gasteiger partial charge < -0.3 is 0 Å². The maximum atomic E-state index is 5.68. The molecule has 0 bridgehead atoms. The van der Waals surface area contributed by atoms with Crippen molar-refractivity contribution in [2.75, 3.05) is 11.8 Å². The van der Waals surface area contributed by atoms with E-state index in [4.69, 9.17) is 23.2 Å². The first kappa shape index (κ1) is 9.30. The van der Waals surface area contributed by atoms with Crippen LogP contribution in [0.5, 0.6) is 0 Å². The van der Waals surface area contributed by atoms with Gasteiger partial charge in [-0.1, -0.05) is 0 Å². The van der Waals surface area contributed by atoms with Crippen molar-refractivity contribution in [1.82, 2.24) is 4.98 Å². The average molecular weight is 210 g/mol. The molecule has 4 heteroatoms. The lowest BCUT2D eigenvalue weighted by molar-refractivity contribution is 0.668. The van der Waals surface area contributed by atoms with Gasteiger partial charge in [0.25, 0.3) is 0 Å². The van der Waals surface area contributed by atoms with Crippen LogP contribution in [-0.2, 0) is 6.42 Å². The van der Waals surface area contributed by atoms with Gasteiger partial charge >= 0.3 is 0 Å². The van der Waals surface area contributed by atoms with E-state index in [9.17, 15) is 0 Å². The molecule has 0 saturated carbocycles. The van der Waals surface area contributed by atoms with Crippen molar-refractivity contribution < 1.29 is 0 Å². The number of thiazole rings is 1. The number of hydrogen-bond acceptors (Lipinski definition) is 2. The second-order valence-electron chi connectivity index (χ2n) is 2.35. The summed E-state index contributed by atoms with van der Waals surface area (Å²) in [6.45, 7) is 0. The Morgan fingerprint density at radius 2 is 2.18 bits per heavy atom. The van der Waals surface area contributed by atoms with Gasteiger partial charge in [0.15, 0.2) is 0 Å². The van der Waals surface area contributed by atoms with E-state index in [1.807, 2.05) is 11.7 Å². The zero-order valence-electron chi connectivity index (χ0n) is 5.96.